The van der Waals surface area contributed by atoms with Crippen molar-refractivity contribution in [3.05, 3.63) is 54.1 Å². The van der Waals surface area contributed by atoms with Crippen LogP contribution in [0.2, 0.25) is 0 Å². The molecule has 152 valence electrons. The van der Waals surface area contributed by atoms with Gasteiger partial charge in [0.1, 0.15) is 5.75 Å². The van der Waals surface area contributed by atoms with Crippen molar-refractivity contribution >= 4 is 23.1 Å². The van der Waals surface area contributed by atoms with Crippen LogP contribution < -0.4 is 14.5 Å². The summed E-state index contributed by atoms with van der Waals surface area (Å²) in [6.45, 7) is 4.59. The number of hydrogen-bond donors (Lipinski definition) is 0. The van der Waals surface area contributed by atoms with Gasteiger partial charge < -0.3 is 14.5 Å². The van der Waals surface area contributed by atoms with Crippen LogP contribution in [0.4, 0.5) is 11.4 Å². The maximum Gasteiger partial charge on any atom is 0.227 e. The van der Waals surface area contributed by atoms with Crippen LogP contribution in [0, 0.1) is 0 Å². The first-order chi connectivity index (χ1) is 14.2. The fourth-order valence-corrected chi connectivity index (χ4v) is 4.08. The van der Waals surface area contributed by atoms with Crippen LogP contribution in [-0.2, 0) is 4.79 Å². The largest absolute Gasteiger partial charge is 0.495 e. The lowest BCUT2D eigenvalue weighted by molar-refractivity contribution is -0.117. The van der Waals surface area contributed by atoms with Gasteiger partial charge >= 0.3 is 0 Å². The number of Topliss-reactive ketones (excluding diaryl/α,β-unsaturated/α-hetero) is 1. The molecule has 0 N–H and O–H groups in total. The number of hydrogen-bond acceptors (Lipinski definition) is 5. The van der Waals surface area contributed by atoms with Crippen molar-refractivity contribution in [2.45, 2.75) is 12.8 Å². The van der Waals surface area contributed by atoms with Gasteiger partial charge in [-0.25, -0.2) is 0 Å². The molecular formula is C23H27N3O3. The van der Waals surface area contributed by atoms with Gasteiger partial charge in [0.25, 0.3) is 0 Å². The molecule has 0 aromatic heterocycles. The zero-order valence-corrected chi connectivity index (χ0v) is 16.8. The average molecular weight is 393 g/mol. The summed E-state index contributed by atoms with van der Waals surface area (Å²) in [7, 11) is 1.69. The van der Waals surface area contributed by atoms with E-state index in [0.29, 0.717) is 18.5 Å². The van der Waals surface area contributed by atoms with Gasteiger partial charge in [-0.3, -0.25) is 14.5 Å². The monoisotopic (exact) mass is 393 g/mol. The lowest BCUT2D eigenvalue weighted by Gasteiger charge is -2.36. The standard InChI is InChI=1S/C23H27N3O3/c1-29-22-6-3-2-5-20(22)25-15-13-24(14-16-25)17-21(27)18-8-10-19(11-9-18)26-12-4-7-23(26)28/h2-3,5-6,8-11H,4,7,12-17H2,1H3. The predicted molar refractivity (Wildman–Crippen MR) is 114 cm³/mol. The van der Waals surface area contributed by atoms with Gasteiger partial charge in [-0.2, -0.15) is 0 Å². The molecule has 0 spiro atoms. The Bertz CT molecular complexity index is 873. The summed E-state index contributed by atoms with van der Waals surface area (Å²) in [4.78, 5) is 30.9. The van der Waals surface area contributed by atoms with Crippen LogP contribution >= 0.6 is 0 Å². The molecule has 6 heteroatoms. The smallest absolute Gasteiger partial charge is 0.227 e. The normalized spacial score (nSPS) is 17.6. The summed E-state index contributed by atoms with van der Waals surface area (Å²) in [5.74, 6) is 1.17. The van der Waals surface area contributed by atoms with Gasteiger partial charge in [-0.05, 0) is 42.8 Å². The first kappa shape index (κ1) is 19.5. The van der Waals surface area contributed by atoms with E-state index < -0.39 is 0 Å². The molecule has 0 atom stereocenters. The van der Waals surface area contributed by atoms with Crippen molar-refractivity contribution in [2.24, 2.45) is 0 Å². The number of rotatable bonds is 6. The molecule has 0 radical (unpaired) electrons. The highest BCUT2D eigenvalue weighted by Gasteiger charge is 2.23. The number of nitrogens with zero attached hydrogens (tertiary/aromatic N) is 3. The van der Waals surface area contributed by atoms with E-state index in [2.05, 4.69) is 15.9 Å². The van der Waals surface area contributed by atoms with Crippen LogP contribution in [0.3, 0.4) is 0 Å². The zero-order valence-electron chi connectivity index (χ0n) is 16.8. The van der Waals surface area contributed by atoms with Gasteiger partial charge in [-0.15, -0.1) is 0 Å². The minimum atomic E-state index is 0.120. The maximum atomic E-state index is 12.7. The van der Waals surface area contributed by atoms with Crippen LogP contribution in [0.5, 0.6) is 5.75 Å². The molecule has 2 fully saturated rings. The fourth-order valence-electron chi connectivity index (χ4n) is 4.08. The summed E-state index contributed by atoms with van der Waals surface area (Å²) in [5.41, 5.74) is 2.69. The molecule has 29 heavy (non-hydrogen) atoms. The minimum absolute atomic E-state index is 0.120. The number of para-hydroxylation sites is 2. The molecule has 6 nitrogen and oxygen atoms in total. The third-order valence-electron chi connectivity index (χ3n) is 5.74. The van der Waals surface area contributed by atoms with Crippen molar-refractivity contribution in [1.29, 1.82) is 0 Å². The number of anilines is 2. The van der Waals surface area contributed by atoms with Crippen LogP contribution in [0.25, 0.3) is 0 Å². The molecule has 2 aromatic carbocycles. The molecule has 0 bridgehead atoms. The van der Waals surface area contributed by atoms with E-state index in [-0.39, 0.29) is 11.7 Å². The average Bonchev–Trinajstić information content (AvgIpc) is 3.20. The molecule has 0 aliphatic carbocycles. The summed E-state index contributed by atoms with van der Waals surface area (Å²) >= 11 is 0. The minimum Gasteiger partial charge on any atom is -0.495 e. The fraction of sp³-hybridized carbons (Fsp3) is 0.391. The Morgan fingerprint density at radius 3 is 2.34 bits per heavy atom. The number of ketones is 1. The first-order valence-corrected chi connectivity index (χ1v) is 10.2. The molecule has 2 saturated heterocycles. The van der Waals surface area contributed by atoms with Crippen molar-refractivity contribution in [3.63, 3.8) is 0 Å². The quantitative estimate of drug-likeness (QED) is 0.707. The number of carbonyl (C=O) groups is 2. The van der Waals surface area contributed by atoms with Crippen LogP contribution in [0.1, 0.15) is 23.2 Å². The van der Waals surface area contributed by atoms with E-state index in [1.165, 1.54) is 0 Å². The third kappa shape index (κ3) is 4.27. The van der Waals surface area contributed by atoms with Crippen molar-refractivity contribution in [2.75, 3.05) is 56.2 Å². The Hall–Kier alpha value is -2.86. The maximum absolute atomic E-state index is 12.7. The number of methoxy groups -OCH3 is 1. The van der Waals surface area contributed by atoms with Gasteiger partial charge in [0.15, 0.2) is 5.78 Å². The molecule has 0 unspecified atom stereocenters. The first-order valence-electron chi connectivity index (χ1n) is 10.2. The lowest BCUT2D eigenvalue weighted by atomic mass is 10.1. The van der Waals surface area contributed by atoms with Gasteiger partial charge in [0.05, 0.1) is 19.3 Å². The van der Waals surface area contributed by atoms with E-state index >= 15 is 0 Å². The predicted octanol–water partition coefficient (Wildman–Crippen LogP) is 2.83. The highest BCUT2D eigenvalue weighted by atomic mass is 16.5. The van der Waals surface area contributed by atoms with Gasteiger partial charge in [0, 0.05) is 50.4 Å². The van der Waals surface area contributed by atoms with E-state index in [1.807, 2.05) is 42.5 Å². The zero-order chi connectivity index (χ0) is 20.2. The lowest BCUT2D eigenvalue weighted by Crippen LogP contribution is -2.48. The Kier molecular flexibility index (Phi) is 5.81. The molecule has 4 rings (SSSR count). The van der Waals surface area contributed by atoms with Gasteiger partial charge in [-0.1, -0.05) is 12.1 Å². The van der Waals surface area contributed by atoms with Crippen molar-refractivity contribution in [3.8, 4) is 5.75 Å². The summed E-state index contributed by atoms with van der Waals surface area (Å²) < 4.78 is 5.47. The van der Waals surface area contributed by atoms with E-state index in [0.717, 1.165) is 56.3 Å². The summed E-state index contributed by atoms with van der Waals surface area (Å²) in [6, 6.07) is 15.5. The molecule has 2 aliphatic rings. The number of ether oxygens (including phenoxy) is 1. The van der Waals surface area contributed by atoms with E-state index in [1.54, 1.807) is 12.0 Å². The molecule has 2 aromatic rings. The molecule has 0 saturated carbocycles. The Labute approximate surface area is 171 Å². The number of carbonyl (C=O) groups excluding carboxylic acids is 2. The van der Waals surface area contributed by atoms with Crippen molar-refractivity contribution in [1.82, 2.24) is 4.90 Å². The number of amides is 1. The highest BCUT2D eigenvalue weighted by Crippen LogP contribution is 2.28. The second kappa shape index (κ2) is 8.66. The molecule has 2 heterocycles. The Balaban J connectivity index is 1.32. The van der Waals surface area contributed by atoms with Crippen LogP contribution in [-0.4, -0.2) is 63.0 Å². The SMILES string of the molecule is COc1ccccc1N1CCN(CC(=O)c2ccc(N3CCCC3=O)cc2)CC1. The van der Waals surface area contributed by atoms with Crippen LogP contribution in [0.15, 0.2) is 48.5 Å². The van der Waals surface area contributed by atoms with Crippen molar-refractivity contribution < 1.29 is 14.3 Å². The van der Waals surface area contributed by atoms with Gasteiger partial charge in [0.2, 0.25) is 5.91 Å². The number of piperazine rings is 1. The second-order valence-corrected chi connectivity index (χ2v) is 7.55. The third-order valence-corrected chi connectivity index (χ3v) is 5.74. The van der Waals surface area contributed by atoms with E-state index in [9.17, 15) is 9.59 Å². The highest BCUT2D eigenvalue weighted by molar-refractivity contribution is 5.99. The number of benzene rings is 2. The van der Waals surface area contributed by atoms with E-state index in [4.69, 9.17) is 4.74 Å². The second-order valence-electron chi connectivity index (χ2n) is 7.55. The molecule has 2 aliphatic heterocycles. The molecular weight excluding hydrogens is 366 g/mol. The Morgan fingerprint density at radius 2 is 1.69 bits per heavy atom. The summed E-state index contributed by atoms with van der Waals surface area (Å²) in [6.07, 6.45) is 1.52. The summed E-state index contributed by atoms with van der Waals surface area (Å²) in [5, 5.41) is 0. The topological polar surface area (TPSA) is 53.1 Å². The molecule has 1 amide bonds. The Morgan fingerprint density at radius 1 is 0.966 bits per heavy atom.